The molecule has 0 aliphatic rings. The van der Waals surface area contributed by atoms with Gasteiger partial charge >= 0.3 is 0 Å². The molecule has 0 spiro atoms. The van der Waals surface area contributed by atoms with E-state index in [9.17, 15) is 2.74 Å². The molecule has 6 aromatic carbocycles. The smallest absolute Gasteiger partial charge is 0.268 e. The van der Waals surface area contributed by atoms with Crippen molar-refractivity contribution in [2.24, 2.45) is 0 Å². The third kappa shape index (κ3) is 5.59. The third-order valence-electron chi connectivity index (χ3n) is 9.89. The van der Waals surface area contributed by atoms with Crippen LogP contribution in [0.5, 0.6) is 0 Å². The van der Waals surface area contributed by atoms with Gasteiger partial charge in [0.15, 0.2) is 0 Å². The molecular weight excluding hydrogens is 832 g/mol. The molecule has 0 unspecified atom stereocenters. The molecule has 6 heteroatoms. The van der Waals surface area contributed by atoms with Crippen LogP contribution in [0.4, 0.5) is 0 Å². The van der Waals surface area contributed by atoms with Crippen molar-refractivity contribution in [2.45, 2.75) is 32.6 Å². The quantitative estimate of drug-likeness (QED) is 0.128. The van der Waals surface area contributed by atoms with Crippen LogP contribution in [0.25, 0.3) is 72.0 Å². The summed E-state index contributed by atoms with van der Waals surface area (Å²) in [5.41, 5.74) is 8.90. The zero-order chi connectivity index (χ0) is 36.8. The Hall–Kier alpha value is -5.77. The molecule has 4 aromatic heterocycles. The summed E-state index contributed by atoms with van der Waals surface area (Å²) in [6.07, 6.45) is 3.48. The van der Waals surface area contributed by atoms with E-state index in [0.717, 1.165) is 60.5 Å². The number of rotatable bonds is 5. The Balaban J connectivity index is 0.00000397. The molecule has 0 N–H and O–H groups in total. The molecule has 0 atom stereocenters. The Morgan fingerprint density at radius 3 is 2.32 bits per heavy atom. The average molecular weight is 868 g/mol. The minimum absolute atomic E-state index is 0. The van der Waals surface area contributed by atoms with Gasteiger partial charge in [-0.05, 0) is 52.7 Å². The fourth-order valence-corrected chi connectivity index (χ4v) is 7.28. The summed E-state index contributed by atoms with van der Waals surface area (Å²) in [5.74, 6) is 0.673. The van der Waals surface area contributed by atoms with Crippen LogP contribution in [0.3, 0.4) is 0 Å². The van der Waals surface area contributed by atoms with Crippen LogP contribution in [0, 0.1) is 18.5 Å². The Kier molecular flexibility index (Phi) is 7.40. The Labute approximate surface area is 324 Å². The van der Waals surface area contributed by atoms with E-state index in [-0.39, 0.29) is 26.5 Å². The van der Waals surface area contributed by atoms with Gasteiger partial charge in [0, 0.05) is 52.4 Å². The molecule has 0 bridgehead atoms. The number of aromatic nitrogens is 4. The first-order chi connectivity index (χ1) is 26.1. The van der Waals surface area contributed by atoms with Gasteiger partial charge in [-0.1, -0.05) is 99.1 Å². The number of para-hydroxylation sites is 4. The van der Waals surface area contributed by atoms with Crippen molar-refractivity contribution < 1.29 is 32.8 Å². The number of benzene rings is 6. The van der Waals surface area contributed by atoms with E-state index in [4.69, 9.17) is 9.40 Å². The van der Waals surface area contributed by atoms with Crippen molar-refractivity contribution in [3.05, 3.63) is 175 Å². The van der Waals surface area contributed by atoms with Crippen LogP contribution < -0.4 is 4.57 Å². The third-order valence-corrected chi connectivity index (χ3v) is 9.89. The Bertz CT molecular complexity index is 3100. The predicted octanol–water partition coefficient (Wildman–Crippen LogP) is 10.6. The van der Waals surface area contributed by atoms with Gasteiger partial charge in [0.1, 0.15) is 17.0 Å². The molecule has 53 heavy (non-hydrogen) atoms. The number of nitrogens with zero attached hydrogens (tertiary/aromatic N) is 4. The average Bonchev–Trinajstić information content (AvgIpc) is 3.87. The minimum atomic E-state index is -1.93. The maximum absolute atomic E-state index is 9.55. The van der Waals surface area contributed by atoms with Gasteiger partial charge in [-0.3, -0.25) is 4.57 Å². The number of fused-ring (bicyclic) bond motifs is 7. The van der Waals surface area contributed by atoms with E-state index in [1.165, 1.54) is 5.56 Å². The van der Waals surface area contributed by atoms with Crippen LogP contribution in [0.15, 0.2) is 144 Å². The standard InChI is InChI=1S/C47H34N4O.Pt/c1-47(2,3)33-13-11-15-35(27-33)50-30-49(41-19-7-8-20-42(41)50)34-14-10-12-31(25-34)24-32-22-23-37-36-16-4-6-18-40(36)51(43(37)26-32)46-28-45-39(29-48-46)38-17-5-9-21-44(38)52-45;/h4-23,27-29H,24H2,1-3H3;/q-2;/i24D2;. The first-order valence-corrected chi connectivity index (χ1v) is 17.5. The molecule has 0 radical (unpaired) electrons. The Morgan fingerprint density at radius 2 is 1.45 bits per heavy atom. The molecule has 260 valence electrons. The monoisotopic (exact) mass is 867 g/mol. The van der Waals surface area contributed by atoms with Crippen molar-refractivity contribution >= 4 is 54.8 Å². The molecule has 0 aliphatic carbocycles. The van der Waals surface area contributed by atoms with Gasteiger partial charge in [-0.25, -0.2) is 4.98 Å². The molecule has 0 amide bonds. The second-order valence-electron chi connectivity index (χ2n) is 14.3. The molecule has 0 fully saturated rings. The fraction of sp³-hybridized carbons (Fsp3) is 0.106. The first-order valence-electron chi connectivity index (χ1n) is 18.5. The molecule has 0 saturated heterocycles. The van der Waals surface area contributed by atoms with Crippen molar-refractivity contribution in [1.29, 1.82) is 0 Å². The number of pyridine rings is 1. The van der Waals surface area contributed by atoms with Crippen molar-refractivity contribution in [1.82, 2.24) is 14.1 Å². The van der Waals surface area contributed by atoms with Gasteiger partial charge in [-0.2, -0.15) is 53.6 Å². The number of imidazole rings is 1. The van der Waals surface area contributed by atoms with Crippen molar-refractivity contribution in [3.63, 3.8) is 0 Å². The summed E-state index contributed by atoms with van der Waals surface area (Å²) in [4.78, 5) is 4.91. The summed E-state index contributed by atoms with van der Waals surface area (Å²) in [5, 5.41) is 3.96. The molecular formula is C47H34N4OPt-2. The fourth-order valence-electron chi connectivity index (χ4n) is 7.28. The van der Waals surface area contributed by atoms with E-state index >= 15 is 0 Å². The summed E-state index contributed by atoms with van der Waals surface area (Å²) < 4.78 is 31.4. The maximum atomic E-state index is 9.55. The maximum Gasteiger partial charge on any atom is 0.268 e. The van der Waals surface area contributed by atoms with Gasteiger partial charge in [0.2, 0.25) is 0 Å². The zero-order valence-corrected chi connectivity index (χ0v) is 31.6. The van der Waals surface area contributed by atoms with Gasteiger partial charge in [-0.15, -0.1) is 5.39 Å². The number of furan rings is 1. The summed E-state index contributed by atoms with van der Waals surface area (Å²) in [6.45, 7) is 6.64. The van der Waals surface area contributed by atoms with E-state index in [2.05, 4.69) is 92.3 Å². The summed E-state index contributed by atoms with van der Waals surface area (Å²) >= 11 is 0. The van der Waals surface area contributed by atoms with Crippen LogP contribution in [-0.2, 0) is 32.9 Å². The van der Waals surface area contributed by atoms with Crippen LogP contribution >= 0.6 is 0 Å². The predicted molar refractivity (Wildman–Crippen MR) is 209 cm³/mol. The normalized spacial score (nSPS) is 12.8. The summed E-state index contributed by atoms with van der Waals surface area (Å²) in [6, 6.07) is 51.2. The molecule has 4 heterocycles. The van der Waals surface area contributed by atoms with Crippen molar-refractivity contribution in [2.75, 3.05) is 0 Å². The van der Waals surface area contributed by atoms with Crippen LogP contribution in [0.1, 0.15) is 40.2 Å². The largest absolute Gasteiger partial charge is 0.456 e. The summed E-state index contributed by atoms with van der Waals surface area (Å²) in [7, 11) is 0. The van der Waals surface area contributed by atoms with Gasteiger partial charge < -0.3 is 13.6 Å². The van der Waals surface area contributed by atoms with E-state index in [1.54, 1.807) is 6.07 Å². The second kappa shape index (κ2) is 12.7. The number of hydrogen-bond acceptors (Lipinski definition) is 2. The Morgan fingerprint density at radius 1 is 0.698 bits per heavy atom. The SMILES string of the molecule is [2H]C([2H])(c1[c-]c(-n2[c-][n+](-c3cccc(C(C)(C)C)c3)c3ccccc32)ccc1)c1[c-]c2c(cc1)c1ccccc1n2-c1cc2oc3ccccc3c2cn1.[Pt]. The van der Waals surface area contributed by atoms with Gasteiger partial charge in [0.25, 0.3) is 6.33 Å². The molecule has 10 aromatic rings. The zero-order valence-electron chi connectivity index (χ0n) is 31.3. The number of hydrogen-bond donors (Lipinski definition) is 0. The van der Waals surface area contributed by atoms with E-state index in [0.29, 0.717) is 22.6 Å². The molecule has 5 nitrogen and oxygen atoms in total. The second-order valence-corrected chi connectivity index (χ2v) is 14.3. The molecule has 0 saturated carbocycles. The van der Waals surface area contributed by atoms with E-state index < -0.39 is 6.37 Å². The van der Waals surface area contributed by atoms with E-state index in [1.807, 2.05) is 94.2 Å². The minimum Gasteiger partial charge on any atom is -0.456 e. The topological polar surface area (TPSA) is 39.8 Å². The first kappa shape index (κ1) is 30.8. The van der Waals surface area contributed by atoms with Crippen molar-refractivity contribution in [3.8, 4) is 17.2 Å². The molecule has 0 aliphatic heterocycles. The van der Waals surface area contributed by atoms with Crippen LogP contribution in [-0.4, -0.2) is 14.1 Å². The van der Waals surface area contributed by atoms with Gasteiger partial charge in [0.05, 0.1) is 16.7 Å². The van der Waals surface area contributed by atoms with Crippen LogP contribution in [0.2, 0.25) is 0 Å². The molecule has 10 rings (SSSR count).